The van der Waals surface area contributed by atoms with E-state index >= 15 is 0 Å². The van der Waals surface area contributed by atoms with E-state index in [4.69, 9.17) is 23.4 Å². The van der Waals surface area contributed by atoms with Crippen LogP contribution in [-0.2, 0) is 29.4 Å². The van der Waals surface area contributed by atoms with Crippen molar-refractivity contribution in [3.8, 4) is 40.1 Å². The fraction of sp³-hybridized carbons (Fsp3) is 0.186. The molecule has 0 saturated carbocycles. The Hall–Kier alpha value is -6.55. The monoisotopic (exact) mass is 711 g/mol. The van der Waals surface area contributed by atoms with E-state index < -0.39 is 28.9 Å². The minimum atomic E-state index is -0.878. The van der Waals surface area contributed by atoms with Crippen LogP contribution in [0.1, 0.15) is 36.5 Å². The van der Waals surface area contributed by atoms with Crippen LogP contribution in [0.25, 0.3) is 22.3 Å². The molecule has 0 unspecified atom stereocenters. The fourth-order valence-corrected chi connectivity index (χ4v) is 6.27. The summed E-state index contributed by atoms with van der Waals surface area (Å²) in [5.74, 6) is -0.932. The number of aromatic hydroxyl groups is 1. The predicted molar refractivity (Wildman–Crippen MR) is 198 cm³/mol. The van der Waals surface area contributed by atoms with Gasteiger partial charge >= 0.3 is 5.97 Å². The van der Waals surface area contributed by atoms with Crippen molar-refractivity contribution in [3.05, 3.63) is 148 Å². The Bertz CT molecular complexity index is 2290. The van der Waals surface area contributed by atoms with Crippen molar-refractivity contribution in [2.24, 2.45) is 0 Å². The van der Waals surface area contributed by atoms with Gasteiger partial charge in [-0.2, -0.15) is 0 Å². The molecular weight excluding hydrogens is 674 g/mol. The number of carbonyl (C=O) groups is 2. The van der Waals surface area contributed by atoms with Crippen molar-refractivity contribution in [1.29, 1.82) is 0 Å². The molecule has 1 amide bonds. The summed E-state index contributed by atoms with van der Waals surface area (Å²) in [7, 11) is 0. The first-order chi connectivity index (χ1) is 25.8. The molecule has 1 saturated heterocycles. The van der Waals surface area contributed by atoms with Crippen LogP contribution in [0, 0.1) is 0 Å². The summed E-state index contributed by atoms with van der Waals surface area (Å²) in [6.45, 7) is 2.48. The SMILES string of the molecule is CC(=O)N1CCC[C@H]1C(=O)Oc1c(-c2ccc(OCc3ccccc3)c(OCc3ccccc3)c2)oc2cc(OCc3ccccc3)cc(O)c2c1=O. The highest BCUT2D eigenvalue weighted by Crippen LogP contribution is 2.40. The van der Waals surface area contributed by atoms with Gasteiger partial charge in [-0.15, -0.1) is 0 Å². The third kappa shape index (κ3) is 8.02. The molecule has 6 aromatic rings. The smallest absolute Gasteiger partial charge is 0.334 e. The first kappa shape index (κ1) is 34.9. The fourth-order valence-electron chi connectivity index (χ4n) is 6.27. The quantitative estimate of drug-likeness (QED) is 0.127. The largest absolute Gasteiger partial charge is 0.507 e. The maximum absolute atomic E-state index is 14.2. The number of amides is 1. The number of phenolic OH excluding ortho intramolecular Hbond substituents is 1. The first-order valence-electron chi connectivity index (χ1n) is 17.3. The number of nitrogens with zero attached hydrogens (tertiary/aromatic N) is 1. The van der Waals surface area contributed by atoms with E-state index in [9.17, 15) is 19.5 Å². The Morgan fingerprint density at radius 2 is 1.34 bits per heavy atom. The number of fused-ring (bicyclic) bond motifs is 1. The topological polar surface area (TPSA) is 125 Å². The lowest BCUT2D eigenvalue weighted by molar-refractivity contribution is -0.145. The highest BCUT2D eigenvalue weighted by Gasteiger charge is 2.35. The molecule has 0 spiro atoms. The average molecular weight is 712 g/mol. The highest BCUT2D eigenvalue weighted by molar-refractivity contribution is 5.91. The lowest BCUT2D eigenvalue weighted by Gasteiger charge is -2.22. The van der Waals surface area contributed by atoms with E-state index in [0.717, 1.165) is 16.7 Å². The third-order valence-corrected chi connectivity index (χ3v) is 8.97. The molecule has 1 fully saturated rings. The van der Waals surface area contributed by atoms with E-state index in [0.29, 0.717) is 36.4 Å². The predicted octanol–water partition coefficient (Wildman–Crippen LogP) is 7.82. The van der Waals surface area contributed by atoms with Gasteiger partial charge in [0.2, 0.25) is 17.1 Å². The number of likely N-dealkylation sites (tertiary alicyclic amines) is 1. The van der Waals surface area contributed by atoms with E-state index in [1.54, 1.807) is 18.2 Å². The van der Waals surface area contributed by atoms with Gasteiger partial charge in [0.05, 0.1) is 0 Å². The number of hydrogen-bond donors (Lipinski definition) is 1. The summed E-state index contributed by atoms with van der Waals surface area (Å²) in [6, 6.07) is 35.8. The summed E-state index contributed by atoms with van der Waals surface area (Å²) < 4.78 is 30.7. The highest BCUT2D eigenvalue weighted by atomic mass is 16.5. The van der Waals surface area contributed by atoms with Crippen LogP contribution in [0.3, 0.4) is 0 Å². The van der Waals surface area contributed by atoms with Gasteiger partial charge in [-0.05, 0) is 47.7 Å². The average Bonchev–Trinajstić information content (AvgIpc) is 3.69. The molecule has 1 aliphatic heterocycles. The van der Waals surface area contributed by atoms with Gasteiger partial charge in [0.1, 0.15) is 48.3 Å². The van der Waals surface area contributed by atoms with Crippen molar-refractivity contribution >= 4 is 22.8 Å². The molecule has 10 nitrogen and oxygen atoms in total. The number of ether oxygens (including phenoxy) is 4. The molecule has 2 heterocycles. The molecule has 7 rings (SSSR count). The Morgan fingerprint density at radius 3 is 1.94 bits per heavy atom. The standard InChI is InChI=1S/C43H37NO9/c1-28(45)44-21-11-18-34(44)43(48)53-42-40(47)39-35(46)23-33(49-25-29-12-5-2-6-13-29)24-38(39)52-41(42)32-19-20-36(50-26-30-14-7-3-8-15-30)37(22-32)51-27-31-16-9-4-10-17-31/h2-10,12-17,19-20,22-24,34,46H,11,18,21,25-27H2,1H3/t34-/m0/s1. The number of carbonyl (C=O) groups excluding carboxylic acids is 2. The number of rotatable bonds is 12. The van der Waals surface area contributed by atoms with Gasteiger partial charge in [-0.3, -0.25) is 9.59 Å². The molecule has 1 aliphatic rings. The summed E-state index contributed by atoms with van der Waals surface area (Å²) in [4.78, 5) is 41.6. The van der Waals surface area contributed by atoms with Crippen molar-refractivity contribution in [3.63, 3.8) is 0 Å². The molecule has 1 N–H and O–H groups in total. The summed E-state index contributed by atoms with van der Waals surface area (Å²) in [5.41, 5.74) is 2.36. The second kappa shape index (κ2) is 15.8. The second-order valence-electron chi connectivity index (χ2n) is 12.7. The normalized spacial score (nSPS) is 13.8. The number of esters is 1. The van der Waals surface area contributed by atoms with Gasteiger partial charge in [0, 0.05) is 31.2 Å². The Kier molecular flexibility index (Phi) is 10.4. The number of phenols is 1. The van der Waals surface area contributed by atoms with E-state index in [2.05, 4.69) is 0 Å². The van der Waals surface area contributed by atoms with E-state index in [-0.39, 0.29) is 48.2 Å². The lowest BCUT2D eigenvalue weighted by Crippen LogP contribution is -2.41. The van der Waals surface area contributed by atoms with Crippen LogP contribution in [0.4, 0.5) is 0 Å². The minimum Gasteiger partial charge on any atom is -0.507 e. The van der Waals surface area contributed by atoms with Gasteiger partial charge in [-0.25, -0.2) is 4.79 Å². The van der Waals surface area contributed by atoms with Gasteiger partial charge in [0.15, 0.2) is 17.3 Å². The molecule has 268 valence electrons. The number of benzene rings is 5. The van der Waals surface area contributed by atoms with Crippen LogP contribution in [0.2, 0.25) is 0 Å². The molecule has 0 aliphatic carbocycles. The molecular formula is C43H37NO9. The molecule has 0 radical (unpaired) electrons. The molecule has 5 aromatic carbocycles. The van der Waals surface area contributed by atoms with E-state index in [1.165, 1.54) is 24.0 Å². The van der Waals surface area contributed by atoms with Gasteiger partial charge in [0.25, 0.3) is 0 Å². The van der Waals surface area contributed by atoms with Crippen LogP contribution in [0.15, 0.2) is 131 Å². The second-order valence-corrected chi connectivity index (χ2v) is 12.7. The van der Waals surface area contributed by atoms with Crippen molar-refractivity contribution in [1.82, 2.24) is 4.90 Å². The Labute approximate surface area is 305 Å². The van der Waals surface area contributed by atoms with Crippen LogP contribution < -0.4 is 24.4 Å². The zero-order valence-electron chi connectivity index (χ0n) is 29.0. The molecule has 53 heavy (non-hydrogen) atoms. The molecule has 1 aromatic heterocycles. The van der Waals surface area contributed by atoms with Gasteiger partial charge < -0.3 is 33.4 Å². The summed E-state index contributed by atoms with van der Waals surface area (Å²) in [5, 5.41) is 10.9. The Morgan fingerprint density at radius 1 is 0.755 bits per heavy atom. The van der Waals surface area contributed by atoms with Crippen molar-refractivity contribution < 1.29 is 38.1 Å². The van der Waals surface area contributed by atoms with Gasteiger partial charge in [-0.1, -0.05) is 91.0 Å². The van der Waals surface area contributed by atoms with E-state index in [1.807, 2.05) is 91.0 Å². The third-order valence-electron chi connectivity index (χ3n) is 8.97. The van der Waals surface area contributed by atoms with Crippen molar-refractivity contribution in [2.75, 3.05) is 6.54 Å². The maximum Gasteiger partial charge on any atom is 0.334 e. The lowest BCUT2D eigenvalue weighted by atomic mass is 10.1. The summed E-state index contributed by atoms with van der Waals surface area (Å²) >= 11 is 0. The summed E-state index contributed by atoms with van der Waals surface area (Å²) in [6.07, 6.45) is 0.989. The zero-order chi connectivity index (χ0) is 36.7. The number of hydrogen-bond acceptors (Lipinski definition) is 9. The molecule has 10 heteroatoms. The molecule has 0 bridgehead atoms. The first-order valence-corrected chi connectivity index (χ1v) is 17.3. The maximum atomic E-state index is 14.2. The van der Waals surface area contributed by atoms with Crippen LogP contribution >= 0.6 is 0 Å². The van der Waals surface area contributed by atoms with Crippen LogP contribution in [0.5, 0.6) is 28.7 Å². The zero-order valence-corrected chi connectivity index (χ0v) is 29.0. The molecule has 1 atom stereocenters. The van der Waals surface area contributed by atoms with Crippen LogP contribution in [-0.4, -0.2) is 34.5 Å². The minimum absolute atomic E-state index is 0.00949. The Balaban J connectivity index is 1.31. The van der Waals surface area contributed by atoms with Crippen molar-refractivity contribution in [2.45, 2.75) is 45.6 Å².